The van der Waals surface area contributed by atoms with Crippen molar-refractivity contribution in [2.75, 3.05) is 7.05 Å². The summed E-state index contributed by atoms with van der Waals surface area (Å²) in [6.07, 6.45) is 14.2. The lowest BCUT2D eigenvalue weighted by atomic mass is 9.69. The maximum atomic E-state index is 3.59. The monoisotopic (exact) mass is 225 g/mol. The molecule has 0 spiro atoms. The Labute approximate surface area is 102 Å². The van der Waals surface area contributed by atoms with Crippen LogP contribution in [0.15, 0.2) is 0 Å². The zero-order valence-corrected chi connectivity index (χ0v) is 11.6. The second-order valence-electron chi connectivity index (χ2n) is 5.91. The molecule has 1 heteroatoms. The zero-order chi connectivity index (χ0) is 11.9. The Morgan fingerprint density at radius 2 is 1.75 bits per heavy atom. The van der Waals surface area contributed by atoms with E-state index in [1.165, 1.54) is 64.2 Å². The van der Waals surface area contributed by atoms with E-state index >= 15 is 0 Å². The average molecular weight is 225 g/mol. The van der Waals surface area contributed by atoms with E-state index in [-0.39, 0.29) is 0 Å². The summed E-state index contributed by atoms with van der Waals surface area (Å²) < 4.78 is 0. The van der Waals surface area contributed by atoms with Gasteiger partial charge in [0.25, 0.3) is 0 Å². The maximum Gasteiger partial charge on any atom is 0.0118 e. The maximum absolute atomic E-state index is 3.59. The SMILES string of the molecule is CCCCCCC(NC)C1(C)CCCCC1. The molecular weight excluding hydrogens is 194 g/mol. The van der Waals surface area contributed by atoms with Crippen molar-refractivity contribution in [3.63, 3.8) is 0 Å². The number of hydrogen-bond donors (Lipinski definition) is 1. The first kappa shape index (κ1) is 14.0. The largest absolute Gasteiger partial charge is 0.316 e. The normalized spacial score (nSPS) is 21.9. The predicted octanol–water partition coefficient (Wildman–Crippen LogP) is 4.52. The van der Waals surface area contributed by atoms with Gasteiger partial charge in [0, 0.05) is 6.04 Å². The second kappa shape index (κ2) is 7.32. The van der Waals surface area contributed by atoms with Crippen LogP contribution in [0.5, 0.6) is 0 Å². The van der Waals surface area contributed by atoms with Gasteiger partial charge in [-0.3, -0.25) is 0 Å². The standard InChI is InChI=1S/C15H31N/c1-4-5-6-8-11-14(16-3)15(2)12-9-7-10-13-15/h14,16H,4-13H2,1-3H3. The fourth-order valence-corrected chi connectivity index (χ4v) is 3.32. The quantitative estimate of drug-likeness (QED) is 0.628. The number of nitrogens with one attached hydrogen (secondary N) is 1. The van der Waals surface area contributed by atoms with Crippen molar-refractivity contribution < 1.29 is 0 Å². The molecule has 1 nitrogen and oxygen atoms in total. The first-order chi connectivity index (χ1) is 7.73. The Hall–Kier alpha value is -0.0400. The van der Waals surface area contributed by atoms with Gasteiger partial charge in [-0.2, -0.15) is 0 Å². The molecule has 0 aromatic rings. The molecule has 0 saturated heterocycles. The third kappa shape index (κ3) is 4.08. The van der Waals surface area contributed by atoms with Crippen molar-refractivity contribution in [3.05, 3.63) is 0 Å². The molecule has 1 rings (SSSR count). The van der Waals surface area contributed by atoms with Crippen molar-refractivity contribution in [1.29, 1.82) is 0 Å². The topological polar surface area (TPSA) is 12.0 Å². The van der Waals surface area contributed by atoms with Crippen LogP contribution >= 0.6 is 0 Å². The van der Waals surface area contributed by atoms with Gasteiger partial charge in [0.05, 0.1) is 0 Å². The molecule has 0 radical (unpaired) electrons. The highest BCUT2D eigenvalue weighted by atomic mass is 14.9. The summed E-state index contributed by atoms with van der Waals surface area (Å²) in [5.74, 6) is 0. The third-order valence-corrected chi connectivity index (χ3v) is 4.53. The molecule has 0 heterocycles. The molecule has 1 saturated carbocycles. The minimum atomic E-state index is 0.583. The molecule has 0 bridgehead atoms. The molecular formula is C15H31N. The van der Waals surface area contributed by atoms with Gasteiger partial charge >= 0.3 is 0 Å². The van der Waals surface area contributed by atoms with E-state index < -0.39 is 0 Å². The first-order valence-corrected chi connectivity index (χ1v) is 7.40. The van der Waals surface area contributed by atoms with Crippen LogP contribution in [-0.2, 0) is 0 Å². The molecule has 0 aliphatic heterocycles. The molecule has 16 heavy (non-hydrogen) atoms. The lowest BCUT2D eigenvalue weighted by Crippen LogP contribution is -2.43. The van der Waals surface area contributed by atoms with Crippen LogP contribution in [0, 0.1) is 5.41 Å². The van der Waals surface area contributed by atoms with Crippen LogP contribution in [0.25, 0.3) is 0 Å². The first-order valence-electron chi connectivity index (χ1n) is 7.40. The minimum Gasteiger partial charge on any atom is -0.316 e. The van der Waals surface area contributed by atoms with Crippen LogP contribution in [0.3, 0.4) is 0 Å². The summed E-state index contributed by atoms with van der Waals surface area (Å²) in [7, 11) is 2.16. The molecule has 1 unspecified atom stereocenters. The summed E-state index contributed by atoms with van der Waals surface area (Å²) in [6.45, 7) is 4.80. The fourth-order valence-electron chi connectivity index (χ4n) is 3.32. The zero-order valence-electron chi connectivity index (χ0n) is 11.6. The van der Waals surface area contributed by atoms with Gasteiger partial charge in [-0.25, -0.2) is 0 Å². The van der Waals surface area contributed by atoms with Gasteiger partial charge in [-0.15, -0.1) is 0 Å². The Kier molecular flexibility index (Phi) is 6.41. The van der Waals surface area contributed by atoms with Gasteiger partial charge < -0.3 is 5.32 Å². The predicted molar refractivity (Wildman–Crippen MR) is 72.8 cm³/mol. The summed E-state index contributed by atoms with van der Waals surface area (Å²) in [4.78, 5) is 0. The van der Waals surface area contributed by atoms with Gasteiger partial charge in [0.2, 0.25) is 0 Å². The molecule has 1 atom stereocenters. The van der Waals surface area contributed by atoms with Crippen LogP contribution < -0.4 is 5.32 Å². The van der Waals surface area contributed by atoms with E-state index in [1.807, 2.05) is 0 Å². The Morgan fingerprint density at radius 3 is 2.31 bits per heavy atom. The van der Waals surface area contributed by atoms with Crippen LogP contribution in [-0.4, -0.2) is 13.1 Å². The summed E-state index contributed by atoms with van der Waals surface area (Å²) in [5.41, 5.74) is 0.583. The summed E-state index contributed by atoms with van der Waals surface area (Å²) >= 11 is 0. The Bertz CT molecular complexity index is 170. The van der Waals surface area contributed by atoms with Crippen molar-refractivity contribution in [2.24, 2.45) is 5.41 Å². The number of hydrogen-bond acceptors (Lipinski definition) is 1. The van der Waals surface area contributed by atoms with E-state index in [4.69, 9.17) is 0 Å². The number of rotatable bonds is 7. The van der Waals surface area contributed by atoms with Gasteiger partial charge in [0.15, 0.2) is 0 Å². The molecule has 0 aromatic heterocycles. The van der Waals surface area contributed by atoms with Crippen molar-refractivity contribution in [1.82, 2.24) is 5.32 Å². The van der Waals surface area contributed by atoms with Crippen molar-refractivity contribution >= 4 is 0 Å². The molecule has 96 valence electrons. The van der Waals surface area contributed by atoms with Gasteiger partial charge in [0.1, 0.15) is 0 Å². The Balaban J connectivity index is 2.33. The molecule has 0 aromatic carbocycles. The highest BCUT2D eigenvalue weighted by Gasteiger charge is 2.33. The van der Waals surface area contributed by atoms with E-state index in [2.05, 4.69) is 26.2 Å². The van der Waals surface area contributed by atoms with Gasteiger partial charge in [-0.05, 0) is 31.7 Å². The van der Waals surface area contributed by atoms with E-state index in [1.54, 1.807) is 0 Å². The molecule has 1 aliphatic carbocycles. The Morgan fingerprint density at radius 1 is 1.06 bits per heavy atom. The average Bonchev–Trinajstić information content (AvgIpc) is 2.30. The molecule has 1 aliphatic rings. The van der Waals surface area contributed by atoms with E-state index in [0.717, 1.165) is 6.04 Å². The van der Waals surface area contributed by atoms with Gasteiger partial charge in [-0.1, -0.05) is 58.8 Å². The van der Waals surface area contributed by atoms with Crippen LogP contribution in [0.4, 0.5) is 0 Å². The van der Waals surface area contributed by atoms with E-state index in [9.17, 15) is 0 Å². The summed E-state index contributed by atoms with van der Waals surface area (Å²) in [5, 5.41) is 3.59. The second-order valence-corrected chi connectivity index (χ2v) is 5.91. The highest BCUT2D eigenvalue weighted by molar-refractivity contribution is 4.89. The van der Waals surface area contributed by atoms with Crippen LogP contribution in [0.2, 0.25) is 0 Å². The highest BCUT2D eigenvalue weighted by Crippen LogP contribution is 2.40. The van der Waals surface area contributed by atoms with Crippen molar-refractivity contribution in [2.45, 2.75) is 84.1 Å². The third-order valence-electron chi connectivity index (χ3n) is 4.53. The lowest BCUT2D eigenvalue weighted by molar-refractivity contribution is 0.141. The summed E-state index contributed by atoms with van der Waals surface area (Å²) in [6, 6.07) is 0.754. The van der Waals surface area contributed by atoms with Crippen LogP contribution in [0.1, 0.15) is 78.1 Å². The number of unbranched alkanes of at least 4 members (excludes halogenated alkanes) is 3. The minimum absolute atomic E-state index is 0.583. The van der Waals surface area contributed by atoms with Crippen molar-refractivity contribution in [3.8, 4) is 0 Å². The fraction of sp³-hybridized carbons (Fsp3) is 1.00. The molecule has 1 fully saturated rings. The lowest BCUT2D eigenvalue weighted by Gasteiger charge is -2.41. The smallest absolute Gasteiger partial charge is 0.0118 e. The molecule has 1 N–H and O–H groups in total. The molecule has 0 amide bonds. The van der Waals surface area contributed by atoms with E-state index in [0.29, 0.717) is 5.41 Å².